The average Bonchev–Trinajstić information content (AvgIpc) is 2.71. The molecule has 0 unspecified atom stereocenters. The normalized spacial score (nSPS) is 9.88. The van der Waals surface area contributed by atoms with Gasteiger partial charge in [-0.05, 0) is 13.0 Å². The van der Waals surface area contributed by atoms with Gasteiger partial charge in [-0.15, -0.1) is 0 Å². The minimum atomic E-state index is -1.12. The van der Waals surface area contributed by atoms with E-state index in [0.717, 1.165) is 0 Å². The van der Waals surface area contributed by atoms with Gasteiger partial charge in [-0.1, -0.05) is 23.4 Å². The lowest BCUT2D eigenvalue weighted by molar-refractivity contribution is 0.0696. The molecule has 1 aromatic carbocycles. The van der Waals surface area contributed by atoms with Crippen molar-refractivity contribution in [2.45, 2.75) is 6.92 Å². The van der Waals surface area contributed by atoms with Gasteiger partial charge >= 0.3 is 5.97 Å². The number of nitrogens with zero attached hydrogens (tertiary/aromatic N) is 2. The first kappa shape index (κ1) is 10.9. The van der Waals surface area contributed by atoms with Crippen molar-refractivity contribution in [1.29, 1.82) is 5.26 Å². The second kappa shape index (κ2) is 4.10. The van der Waals surface area contributed by atoms with Crippen molar-refractivity contribution in [1.82, 2.24) is 5.16 Å². The third kappa shape index (κ3) is 1.76. The molecule has 1 N–H and O–H groups in total. The number of carboxylic acid groups (broad SMARTS) is 1. The van der Waals surface area contributed by atoms with Crippen LogP contribution in [0.15, 0.2) is 28.8 Å². The summed E-state index contributed by atoms with van der Waals surface area (Å²) < 4.78 is 4.87. The highest BCUT2D eigenvalue weighted by atomic mass is 16.5. The van der Waals surface area contributed by atoms with Gasteiger partial charge in [0.25, 0.3) is 0 Å². The van der Waals surface area contributed by atoms with Crippen molar-refractivity contribution in [2.75, 3.05) is 0 Å². The van der Waals surface area contributed by atoms with E-state index >= 15 is 0 Å². The van der Waals surface area contributed by atoms with Crippen LogP contribution < -0.4 is 0 Å². The molecule has 1 aromatic heterocycles. The summed E-state index contributed by atoms with van der Waals surface area (Å²) in [4.78, 5) is 11.1. The maximum Gasteiger partial charge on any atom is 0.341 e. The van der Waals surface area contributed by atoms with Crippen LogP contribution in [-0.4, -0.2) is 16.2 Å². The highest BCUT2D eigenvalue weighted by molar-refractivity contribution is 5.96. The SMILES string of the molecule is Cc1onc(-c2ccccc2C#N)c1C(=O)O. The highest BCUT2D eigenvalue weighted by Crippen LogP contribution is 2.27. The number of benzene rings is 1. The van der Waals surface area contributed by atoms with Gasteiger partial charge in [0.1, 0.15) is 17.0 Å². The number of carboxylic acids is 1. The predicted molar refractivity (Wildman–Crippen MR) is 58.4 cm³/mol. The van der Waals surface area contributed by atoms with Gasteiger partial charge in [-0.25, -0.2) is 4.79 Å². The minimum Gasteiger partial charge on any atom is -0.477 e. The fraction of sp³-hybridized carbons (Fsp3) is 0.0833. The number of hydrogen-bond donors (Lipinski definition) is 1. The zero-order valence-corrected chi connectivity index (χ0v) is 8.97. The summed E-state index contributed by atoms with van der Waals surface area (Å²) in [6.07, 6.45) is 0. The van der Waals surface area contributed by atoms with Crippen molar-refractivity contribution in [2.24, 2.45) is 0 Å². The third-order valence-electron chi connectivity index (χ3n) is 2.38. The Bertz CT molecular complexity index is 623. The Kier molecular flexibility index (Phi) is 2.63. The molecule has 17 heavy (non-hydrogen) atoms. The maximum atomic E-state index is 11.1. The number of aryl methyl sites for hydroxylation is 1. The van der Waals surface area contributed by atoms with Crippen LogP contribution in [0.1, 0.15) is 21.7 Å². The Morgan fingerprint density at radius 3 is 2.82 bits per heavy atom. The number of hydrogen-bond acceptors (Lipinski definition) is 4. The van der Waals surface area contributed by atoms with Crippen LogP contribution >= 0.6 is 0 Å². The van der Waals surface area contributed by atoms with Crippen LogP contribution in [0.2, 0.25) is 0 Å². The molecule has 0 radical (unpaired) electrons. The summed E-state index contributed by atoms with van der Waals surface area (Å²) >= 11 is 0. The number of nitriles is 1. The topological polar surface area (TPSA) is 87.1 Å². The zero-order valence-electron chi connectivity index (χ0n) is 8.97. The van der Waals surface area contributed by atoms with E-state index in [4.69, 9.17) is 14.9 Å². The van der Waals surface area contributed by atoms with E-state index in [2.05, 4.69) is 5.16 Å². The van der Waals surface area contributed by atoms with E-state index in [1.165, 1.54) is 6.92 Å². The van der Waals surface area contributed by atoms with Crippen LogP contribution in [0.5, 0.6) is 0 Å². The first-order chi connectivity index (χ1) is 8.15. The molecule has 5 nitrogen and oxygen atoms in total. The lowest BCUT2D eigenvalue weighted by atomic mass is 10.0. The molecule has 0 saturated heterocycles. The fourth-order valence-electron chi connectivity index (χ4n) is 1.59. The molecule has 0 aliphatic heterocycles. The number of carbonyl (C=O) groups is 1. The number of aromatic carboxylic acids is 1. The molecule has 0 bridgehead atoms. The van der Waals surface area contributed by atoms with Gasteiger partial charge in [0, 0.05) is 5.56 Å². The Morgan fingerprint density at radius 1 is 1.47 bits per heavy atom. The number of rotatable bonds is 2. The van der Waals surface area contributed by atoms with Gasteiger partial charge in [-0.3, -0.25) is 0 Å². The second-order valence-corrected chi connectivity index (χ2v) is 3.42. The standard InChI is InChI=1S/C12H8N2O3/c1-7-10(12(15)16)11(14-17-7)9-5-3-2-4-8(9)6-13/h2-5H,1H3,(H,15,16). The summed E-state index contributed by atoms with van der Waals surface area (Å²) in [6, 6.07) is 8.66. The lowest BCUT2D eigenvalue weighted by Crippen LogP contribution is -2.00. The van der Waals surface area contributed by atoms with Crippen molar-refractivity contribution >= 4 is 5.97 Å². The fourth-order valence-corrected chi connectivity index (χ4v) is 1.59. The molecule has 0 saturated carbocycles. The molecule has 5 heteroatoms. The molecule has 0 spiro atoms. The first-order valence-electron chi connectivity index (χ1n) is 4.84. The molecular weight excluding hydrogens is 220 g/mol. The summed E-state index contributed by atoms with van der Waals surface area (Å²) in [5.41, 5.74) is 1.01. The van der Waals surface area contributed by atoms with E-state index < -0.39 is 5.97 Å². The Morgan fingerprint density at radius 2 is 2.18 bits per heavy atom. The summed E-state index contributed by atoms with van der Waals surface area (Å²) in [6.45, 7) is 1.52. The first-order valence-corrected chi connectivity index (χ1v) is 4.84. The summed E-state index contributed by atoms with van der Waals surface area (Å²) in [7, 11) is 0. The third-order valence-corrected chi connectivity index (χ3v) is 2.38. The number of aromatic nitrogens is 1. The zero-order chi connectivity index (χ0) is 12.4. The van der Waals surface area contributed by atoms with Gasteiger partial charge in [0.05, 0.1) is 11.6 Å². The molecule has 0 fully saturated rings. The van der Waals surface area contributed by atoms with E-state index in [1.807, 2.05) is 6.07 Å². The molecule has 0 aliphatic rings. The molecule has 0 atom stereocenters. The molecular formula is C12H8N2O3. The lowest BCUT2D eigenvalue weighted by Gasteiger charge is -2.00. The Hall–Kier alpha value is -2.61. The van der Waals surface area contributed by atoms with E-state index in [1.54, 1.807) is 24.3 Å². The summed E-state index contributed by atoms with van der Waals surface area (Å²) in [5, 5.41) is 21.7. The molecule has 1 heterocycles. The molecule has 2 aromatic rings. The van der Waals surface area contributed by atoms with E-state index in [-0.39, 0.29) is 17.0 Å². The van der Waals surface area contributed by atoms with E-state index in [9.17, 15) is 4.79 Å². The average molecular weight is 228 g/mol. The molecule has 2 rings (SSSR count). The van der Waals surface area contributed by atoms with Crippen molar-refractivity contribution in [3.05, 3.63) is 41.2 Å². The molecule has 0 amide bonds. The van der Waals surface area contributed by atoms with Crippen LogP contribution in [0, 0.1) is 18.3 Å². The van der Waals surface area contributed by atoms with Crippen molar-refractivity contribution < 1.29 is 14.4 Å². The van der Waals surface area contributed by atoms with Gasteiger partial charge < -0.3 is 9.63 Å². The quantitative estimate of drug-likeness (QED) is 0.851. The van der Waals surface area contributed by atoms with Crippen LogP contribution in [0.4, 0.5) is 0 Å². The van der Waals surface area contributed by atoms with Gasteiger partial charge in [0.2, 0.25) is 0 Å². The van der Waals surface area contributed by atoms with Gasteiger partial charge in [0.15, 0.2) is 0 Å². The smallest absolute Gasteiger partial charge is 0.341 e. The predicted octanol–water partition coefficient (Wildman–Crippen LogP) is 2.22. The highest BCUT2D eigenvalue weighted by Gasteiger charge is 2.22. The van der Waals surface area contributed by atoms with Crippen LogP contribution in [0.3, 0.4) is 0 Å². The van der Waals surface area contributed by atoms with E-state index in [0.29, 0.717) is 11.1 Å². The second-order valence-electron chi connectivity index (χ2n) is 3.42. The maximum absolute atomic E-state index is 11.1. The van der Waals surface area contributed by atoms with Crippen molar-refractivity contribution in [3.8, 4) is 17.3 Å². The van der Waals surface area contributed by atoms with Gasteiger partial charge in [-0.2, -0.15) is 5.26 Å². The largest absolute Gasteiger partial charge is 0.477 e. The van der Waals surface area contributed by atoms with Crippen LogP contribution in [-0.2, 0) is 0 Å². The van der Waals surface area contributed by atoms with Crippen molar-refractivity contribution in [3.63, 3.8) is 0 Å². The summed E-state index contributed by atoms with van der Waals surface area (Å²) in [5.74, 6) is -0.897. The molecule has 84 valence electrons. The minimum absolute atomic E-state index is 0.00676. The van der Waals surface area contributed by atoms with Crippen LogP contribution in [0.25, 0.3) is 11.3 Å². The monoisotopic (exact) mass is 228 g/mol. The molecule has 0 aliphatic carbocycles. The Balaban J connectivity index is 2.70. The Labute approximate surface area is 96.9 Å².